The van der Waals surface area contributed by atoms with Crippen molar-refractivity contribution in [3.8, 4) is 0 Å². The zero-order valence-electron chi connectivity index (χ0n) is 11.2. The Hall–Kier alpha value is -1.15. The Morgan fingerprint density at radius 2 is 2.10 bits per heavy atom. The Morgan fingerprint density at radius 3 is 2.71 bits per heavy atom. The minimum absolute atomic E-state index is 0.00334. The van der Waals surface area contributed by atoms with Gasteiger partial charge in [-0.1, -0.05) is 23.2 Å². The van der Waals surface area contributed by atoms with Crippen molar-refractivity contribution in [2.24, 2.45) is 0 Å². The Balaban J connectivity index is 1.92. The first kappa shape index (κ1) is 16.2. The van der Waals surface area contributed by atoms with E-state index in [2.05, 4.69) is 19.9 Å². The number of aromatic nitrogens is 3. The van der Waals surface area contributed by atoms with E-state index in [4.69, 9.17) is 23.2 Å². The third kappa shape index (κ3) is 4.16. The molecule has 0 aliphatic heterocycles. The molecule has 0 amide bonds. The van der Waals surface area contributed by atoms with Gasteiger partial charge in [-0.25, -0.2) is 18.1 Å². The summed E-state index contributed by atoms with van der Waals surface area (Å²) in [5.74, 6) is 0. The van der Waals surface area contributed by atoms with Gasteiger partial charge in [0.2, 0.25) is 10.0 Å². The van der Waals surface area contributed by atoms with E-state index in [0.717, 1.165) is 17.7 Å². The van der Waals surface area contributed by atoms with E-state index in [1.54, 1.807) is 6.20 Å². The van der Waals surface area contributed by atoms with Gasteiger partial charge in [0.05, 0.1) is 11.2 Å². The van der Waals surface area contributed by atoms with Crippen molar-refractivity contribution in [1.82, 2.24) is 19.9 Å². The third-order valence-electron chi connectivity index (χ3n) is 2.93. The molecule has 2 N–H and O–H groups in total. The molecule has 2 aromatic heterocycles. The van der Waals surface area contributed by atoms with Gasteiger partial charge in [0, 0.05) is 18.4 Å². The molecule has 2 heterocycles. The third-order valence-corrected chi connectivity index (χ3v) is 5.04. The molecule has 2 aromatic rings. The number of sulfonamides is 1. The van der Waals surface area contributed by atoms with E-state index in [0.29, 0.717) is 13.0 Å². The molecule has 0 aromatic carbocycles. The average molecular weight is 349 g/mol. The molecule has 0 saturated carbocycles. The first-order valence-corrected chi connectivity index (χ1v) is 8.43. The molecule has 0 saturated heterocycles. The fraction of sp³-hybridized carbons (Fsp3) is 0.333. The van der Waals surface area contributed by atoms with Gasteiger partial charge < -0.3 is 0 Å². The number of hydrogen-bond donors (Lipinski definition) is 2. The van der Waals surface area contributed by atoms with Crippen LogP contribution in [0.4, 0.5) is 0 Å². The van der Waals surface area contributed by atoms with Crippen LogP contribution in [-0.2, 0) is 16.4 Å². The normalized spacial score (nSPS) is 11.8. The van der Waals surface area contributed by atoms with Crippen LogP contribution in [0.3, 0.4) is 0 Å². The zero-order chi connectivity index (χ0) is 15.5. The number of nitrogens with zero attached hydrogens (tertiary/aromatic N) is 2. The molecule has 0 unspecified atom stereocenters. The fourth-order valence-corrected chi connectivity index (χ4v) is 3.13. The number of halogens is 2. The summed E-state index contributed by atoms with van der Waals surface area (Å²) in [7, 11) is -3.63. The van der Waals surface area contributed by atoms with Crippen LogP contribution >= 0.6 is 23.2 Å². The largest absolute Gasteiger partial charge is 0.283 e. The van der Waals surface area contributed by atoms with Crippen molar-refractivity contribution in [2.45, 2.75) is 24.7 Å². The topological polar surface area (TPSA) is 87.7 Å². The summed E-state index contributed by atoms with van der Waals surface area (Å²) in [4.78, 5) is 3.72. The van der Waals surface area contributed by atoms with Crippen LogP contribution in [0, 0.1) is 6.92 Å². The number of hydrogen-bond acceptors (Lipinski definition) is 4. The van der Waals surface area contributed by atoms with Crippen LogP contribution in [0.15, 0.2) is 23.4 Å². The highest BCUT2D eigenvalue weighted by atomic mass is 35.5. The molecule has 0 fully saturated rings. The lowest BCUT2D eigenvalue weighted by atomic mass is 10.1. The van der Waals surface area contributed by atoms with Gasteiger partial charge in [0.25, 0.3) is 0 Å². The van der Waals surface area contributed by atoms with Gasteiger partial charge >= 0.3 is 0 Å². The number of aryl methyl sites for hydroxylation is 2. The quantitative estimate of drug-likeness (QED) is 0.619. The predicted molar refractivity (Wildman–Crippen MR) is 81.1 cm³/mol. The first-order chi connectivity index (χ1) is 9.90. The van der Waals surface area contributed by atoms with Crippen LogP contribution in [0.5, 0.6) is 0 Å². The maximum atomic E-state index is 12.1. The molecule has 0 aliphatic carbocycles. The highest BCUT2D eigenvalue weighted by Gasteiger charge is 2.15. The molecule has 21 heavy (non-hydrogen) atoms. The summed E-state index contributed by atoms with van der Waals surface area (Å²) in [6, 6.07) is 1.28. The smallest absolute Gasteiger partial charge is 0.242 e. The van der Waals surface area contributed by atoms with Crippen LogP contribution in [0.25, 0.3) is 0 Å². The molecule has 6 nitrogen and oxygen atoms in total. The van der Waals surface area contributed by atoms with E-state index >= 15 is 0 Å². The van der Waals surface area contributed by atoms with Gasteiger partial charge in [-0.3, -0.25) is 5.10 Å². The summed E-state index contributed by atoms with van der Waals surface area (Å²) < 4.78 is 26.6. The van der Waals surface area contributed by atoms with Gasteiger partial charge in [0.15, 0.2) is 0 Å². The molecular formula is C12H14Cl2N4O2S. The Labute approximate surface area is 132 Å². The van der Waals surface area contributed by atoms with Gasteiger partial charge in [0.1, 0.15) is 10.0 Å². The Morgan fingerprint density at radius 1 is 1.33 bits per heavy atom. The summed E-state index contributed by atoms with van der Waals surface area (Å²) in [6.07, 6.45) is 4.32. The van der Waals surface area contributed by atoms with Crippen molar-refractivity contribution in [2.75, 3.05) is 6.54 Å². The molecule has 9 heteroatoms. The molecule has 0 radical (unpaired) electrons. The lowest BCUT2D eigenvalue weighted by molar-refractivity contribution is 0.578. The second-order valence-electron chi connectivity index (χ2n) is 4.47. The molecule has 0 atom stereocenters. The number of aromatic amines is 1. The Kier molecular flexibility index (Phi) is 5.21. The van der Waals surface area contributed by atoms with Gasteiger partial charge in [-0.2, -0.15) is 5.10 Å². The van der Waals surface area contributed by atoms with E-state index in [-0.39, 0.29) is 15.1 Å². The Bertz CT molecular complexity index is 731. The van der Waals surface area contributed by atoms with Gasteiger partial charge in [-0.05, 0) is 31.4 Å². The monoisotopic (exact) mass is 348 g/mol. The summed E-state index contributed by atoms with van der Waals surface area (Å²) in [6.45, 7) is 2.24. The maximum absolute atomic E-state index is 12.1. The molecule has 0 bridgehead atoms. The number of pyridine rings is 1. The number of H-pyrrole nitrogens is 1. The van der Waals surface area contributed by atoms with E-state index in [1.165, 1.54) is 12.3 Å². The molecular weight excluding hydrogens is 335 g/mol. The van der Waals surface area contributed by atoms with E-state index < -0.39 is 10.0 Å². The second-order valence-corrected chi connectivity index (χ2v) is 7.00. The van der Waals surface area contributed by atoms with Gasteiger partial charge in [-0.15, -0.1) is 0 Å². The van der Waals surface area contributed by atoms with Crippen LogP contribution in [0.2, 0.25) is 10.2 Å². The van der Waals surface area contributed by atoms with Crippen molar-refractivity contribution in [3.05, 3.63) is 39.9 Å². The molecule has 2 rings (SSSR count). The lowest BCUT2D eigenvalue weighted by Gasteiger charge is -2.07. The summed E-state index contributed by atoms with van der Waals surface area (Å²) >= 11 is 11.4. The first-order valence-electron chi connectivity index (χ1n) is 6.19. The van der Waals surface area contributed by atoms with Crippen molar-refractivity contribution in [3.63, 3.8) is 0 Å². The van der Waals surface area contributed by atoms with Crippen molar-refractivity contribution in [1.29, 1.82) is 0 Å². The predicted octanol–water partition coefficient (Wildman–Crippen LogP) is 2.33. The van der Waals surface area contributed by atoms with Crippen molar-refractivity contribution >= 4 is 33.2 Å². The van der Waals surface area contributed by atoms with Crippen LogP contribution < -0.4 is 4.72 Å². The van der Waals surface area contributed by atoms with E-state index in [1.807, 2.05) is 6.92 Å². The average Bonchev–Trinajstić information content (AvgIpc) is 2.83. The minimum atomic E-state index is -3.63. The van der Waals surface area contributed by atoms with Crippen LogP contribution in [0.1, 0.15) is 17.7 Å². The number of nitrogens with one attached hydrogen (secondary N) is 2. The lowest BCUT2D eigenvalue weighted by Crippen LogP contribution is -2.25. The molecule has 0 aliphatic rings. The summed E-state index contributed by atoms with van der Waals surface area (Å²) in [5, 5.41) is 6.93. The highest BCUT2D eigenvalue weighted by Crippen LogP contribution is 2.21. The van der Waals surface area contributed by atoms with Crippen molar-refractivity contribution < 1.29 is 8.42 Å². The molecule has 0 spiro atoms. The zero-order valence-corrected chi connectivity index (χ0v) is 13.6. The molecule has 114 valence electrons. The second kappa shape index (κ2) is 6.74. The maximum Gasteiger partial charge on any atom is 0.242 e. The highest BCUT2D eigenvalue weighted by molar-refractivity contribution is 7.89. The SMILES string of the molecule is Cc1[nH]ncc1CCCNS(=O)(=O)c1cnc(Cl)c(Cl)c1. The van der Waals surface area contributed by atoms with E-state index in [9.17, 15) is 8.42 Å². The standard InChI is InChI=1S/C12H14Cl2N4O2S/c1-8-9(6-16-18-8)3-2-4-17-21(19,20)10-5-11(13)12(14)15-7-10/h5-7,17H,2-4H2,1H3,(H,16,18). The fourth-order valence-electron chi connectivity index (χ4n) is 1.75. The minimum Gasteiger partial charge on any atom is -0.283 e. The summed E-state index contributed by atoms with van der Waals surface area (Å²) in [5.41, 5.74) is 2.07. The number of rotatable bonds is 6. The van der Waals surface area contributed by atoms with Crippen LogP contribution in [-0.4, -0.2) is 30.1 Å².